The number of rotatable bonds is 6. The summed E-state index contributed by atoms with van der Waals surface area (Å²) < 4.78 is 0. The van der Waals surface area contributed by atoms with E-state index >= 15 is 0 Å². The molecule has 4 aromatic rings. The molecule has 39 heavy (non-hydrogen) atoms. The van der Waals surface area contributed by atoms with Crippen molar-refractivity contribution in [1.82, 2.24) is 0 Å². The summed E-state index contributed by atoms with van der Waals surface area (Å²) in [7, 11) is 0. The van der Waals surface area contributed by atoms with Crippen molar-refractivity contribution in [3.63, 3.8) is 0 Å². The lowest BCUT2D eigenvalue weighted by molar-refractivity contribution is 0.0980. The molecule has 5 rings (SSSR count). The summed E-state index contributed by atoms with van der Waals surface area (Å²) in [6, 6.07) is 19.1. The molecule has 2 N–H and O–H groups in total. The minimum Gasteiger partial charge on any atom is -0.354 e. The van der Waals surface area contributed by atoms with E-state index in [4.69, 9.17) is 6.42 Å². The number of aryl methyl sites for hydroxylation is 5. The maximum atomic E-state index is 14.0. The van der Waals surface area contributed by atoms with E-state index in [0.717, 1.165) is 35.3 Å². The van der Waals surface area contributed by atoms with Gasteiger partial charge >= 0.3 is 0 Å². The van der Waals surface area contributed by atoms with Crippen LogP contribution in [-0.4, -0.2) is 11.6 Å². The predicted octanol–water partition coefficient (Wildman–Crippen LogP) is 7.98. The molecule has 4 aromatic carbocycles. The van der Waals surface area contributed by atoms with Crippen molar-refractivity contribution in [3.8, 4) is 12.3 Å². The monoisotopic (exact) mass is 512 g/mol. The third-order valence-corrected chi connectivity index (χ3v) is 7.44. The van der Waals surface area contributed by atoms with Crippen molar-refractivity contribution < 1.29 is 9.59 Å². The van der Waals surface area contributed by atoms with E-state index in [9.17, 15) is 9.59 Å². The molecular weight excluding hydrogens is 480 g/mol. The van der Waals surface area contributed by atoms with E-state index in [1.54, 1.807) is 24.3 Å². The van der Waals surface area contributed by atoms with Gasteiger partial charge in [0, 0.05) is 22.4 Å². The first-order chi connectivity index (χ1) is 18.8. The van der Waals surface area contributed by atoms with E-state index in [-0.39, 0.29) is 11.6 Å². The minimum atomic E-state index is -0.186. The summed E-state index contributed by atoms with van der Waals surface area (Å²) in [6.07, 6.45) is 7.53. The molecule has 0 saturated heterocycles. The van der Waals surface area contributed by atoms with Crippen LogP contribution in [0.4, 0.5) is 22.7 Å². The smallest absolute Gasteiger partial charge is 0.196 e. The first kappa shape index (κ1) is 26.0. The van der Waals surface area contributed by atoms with Crippen LogP contribution in [0.3, 0.4) is 0 Å². The van der Waals surface area contributed by atoms with Crippen molar-refractivity contribution in [2.45, 2.75) is 47.5 Å². The van der Waals surface area contributed by atoms with E-state index in [1.807, 2.05) is 38.1 Å². The normalized spacial score (nSPS) is 12.0. The van der Waals surface area contributed by atoms with Gasteiger partial charge in [0.15, 0.2) is 11.6 Å². The highest BCUT2D eigenvalue weighted by molar-refractivity contribution is 6.32. The van der Waals surface area contributed by atoms with Crippen molar-refractivity contribution in [1.29, 1.82) is 0 Å². The van der Waals surface area contributed by atoms with Crippen LogP contribution in [0.15, 0.2) is 60.7 Å². The third-order valence-electron chi connectivity index (χ3n) is 7.44. The highest BCUT2D eigenvalue weighted by Gasteiger charge is 2.34. The molecule has 0 atom stereocenters. The molecule has 0 aliphatic heterocycles. The fraction of sp³-hybridized carbons (Fsp3) is 0.200. The number of nitrogens with one attached hydrogen (secondary N) is 2. The molecule has 4 heteroatoms. The Morgan fingerprint density at radius 2 is 1.18 bits per heavy atom. The molecule has 0 fully saturated rings. The Morgan fingerprint density at radius 1 is 0.692 bits per heavy atom. The standard InChI is InChI=1S/C35H32N2O2/c1-7-23-17-20(4)16-22(6)32(23)36-28-14-15-29(37-33-24(8-2)18-21(5)19-25(33)9-3)31-30(28)34(38)26-12-10-11-13-27(26)35(31)39/h1,10-19,36-37H,8-9H2,2-6H3. The van der Waals surface area contributed by atoms with Gasteiger partial charge in [-0.2, -0.15) is 0 Å². The Morgan fingerprint density at radius 3 is 1.67 bits per heavy atom. The van der Waals surface area contributed by atoms with Gasteiger partial charge in [0.2, 0.25) is 0 Å². The molecule has 0 spiro atoms. The second-order valence-corrected chi connectivity index (χ2v) is 10.2. The molecule has 0 radical (unpaired) electrons. The van der Waals surface area contributed by atoms with Crippen LogP contribution >= 0.6 is 0 Å². The zero-order valence-electron chi connectivity index (χ0n) is 23.1. The van der Waals surface area contributed by atoms with Gasteiger partial charge in [-0.15, -0.1) is 6.42 Å². The molecule has 1 aliphatic carbocycles. The molecule has 0 bridgehead atoms. The number of anilines is 4. The third kappa shape index (κ3) is 4.51. The van der Waals surface area contributed by atoms with E-state index < -0.39 is 0 Å². The fourth-order valence-electron chi connectivity index (χ4n) is 5.61. The molecular formula is C35H32N2O2. The summed E-state index contributed by atoms with van der Waals surface area (Å²) >= 11 is 0. The first-order valence-electron chi connectivity index (χ1n) is 13.4. The lowest BCUT2D eigenvalue weighted by Gasteiger charge is -2.26. The number of carbonyl (C=O) groups is 2. The van der Waals surface area contributed by atoms with Crippen molar-refractivity contribution in [2.24, 2.45) is 0 Å². The summed E-state index contributed by atoms with van der Waals surface area (Å²) in [5.41, 5.74) is 10.8. The number of hydrogen-bond acceptors (Lipinski definition) is 4. The molecule has 0 amide bonds. The summed E-state index contributed by atoms with van der Waals surface area (Å²) in [5, 5.41) is 7.01. The average molecular weight is 513 g/mol. The molecule has 1 aliphatic rings. The van der Waals surface area contributed by atoms with Gasteiger partial charge in [0.25, 0.3) is 0 Å². The number of fused-ring (bicyclic) bond motifs is 2. The van der Waals surface area contributed by atoms with E-state index in [2.05, 4.69) is 49.5 Å². The summed E-state index contributed by atoms with van der Waals surface area (Å²) in [4.78, 5) is 28.0. The first-order valence-corrected chi connectivity index (χ1v) is 13.4. The zero-order valence-corrected chi connectivity index (χ0v) is 23.1. The van der Waals surface area contributed by atoms with Gasteiger partial charge in [0.1, 0.15) is 0 Å². The second kappa shape index (κ2) is 10.3. The lowest BCUT2D eigenvalue weighted by atomic mass is 9.82. The van der Waals surface area contributed by atoms with Crippen LogP contribution in [0.1, 0.15) is 79.1 Å². The van der Waals surface area contributed by atoms with Gasteiger partial charge in [-0.05, 0) is 74.1 Å². The molecule has 0 saturated carbocycles. The second-order valence-electron chi connectivity index (χ2n) is 10.2. The van der Waals surface area contributed by atoms with Crippen LogP contribution in [0, 0.1) is 33.1 Å². The van der Waals surface area contributed by atoms with E-state index in [0.29, 0.717) is 39.2 Å². The van der Waals surface area contributed by atoms with Crippen molar-refractivity contribution in [2.75, 3.05) is 10.6 Å². The van der Waals surface area contributed by atoms with Crippen molar-refractivity contribution >= 4 is 34.3 Å². The van der Waals surface area contributed by atoms with Crippen LogP contribution in [0.25, 0.3) is 0 Å². The number of ketones is 2. The maximum Gasteiger partial charge on any atom is 0.196 e. The van der Waals surface area contributed by atoms with Crippen LogP contribution in [0.5, 0.6) is 0 Å². The Labute approximate surface area is 230 Å². The van der Waals surface area contributed by atoms with Crippen LogP contribution in [-0.2, 0) is 12.8 Å². The Balaban J connectivity index is 1.73. The van der Waals surface area contributed by atoms with Gasteiger partial charge in [-0.25, -0.2) is 0 Å². The molecule has 194 valence electrons. The maximum absolute atomic E-state index is 14.0. The Bertz CT molecular complexity index is 1680. The lowest BCUT2D eigenvalue weighted by Crippen LogP contribution is -2.23. The summed E-state index contributed by atoms with van der Waals surface area (Å²) in [5.74, 6) is 2.40. The zero-order chi connectivity index (χ0) is 27.8. The van der Waals surface area contributed by atoms with Crippen LogP contribution < -0.4 is 10.6 Å². The summed E-state index contributed by atoms with van der Waals surface area (Å²) in [6.45, 7) is 10.3. The highest BCUT2D eigenvalue weighted by Crippen LogP contribution is 2.40. The van der Waals surface area contributed by atoms with Crippen LogP contribution in [0.2, 0.25) is 0 Å². The number of carbonyl (C=O) groups excluding carboxylic acids is 2. The number of benzene rings is 4. The Hall–Kier alpha value is -4.62. The van der Waals surface area contributed by atoms with Gasteiger partial charge in [-0.3, -0.25) is 9.59 Å². The minimum absolute atomic E-state index is 0.174. The molecule has 0 unspecified atom stereocenters. The molecule has 4 nitrogen and oxygen atoms in total. The quantitative estimate of drug-likeness (QED) is 0.226. The SMILES string of the molecule is C#Cc1cc(C)cc(C)c1Nc1ccc(Nc2c(CC)cc(C)cc2CC)c2c1C(=O)c1ccccc1C2=O. The Kier molecular flexibility index (Phi) is 6.85. The predicted molar refractivity (Wildman–Crippen MR) is 160 cm³/mol. The van der Waals surface area contributed by atoms with Gasteiger partial charge in [-0.1, -0.05) is 67.8 Å². The fourth-order valence-corrected chi connectivity index (χ4v) is 5.61. The molecule has 0 aromatic heterocycles. The van der Waals surface area contributed by atoms with Gasteiger partial charge in [0.05, 0.1) is 28.2 Å². The largest absolute Gasteiger partial charge is 0.354 e. The average Bonchev–Trinajstić information content (AvgIpc) is 2.93. The number of terminal acetylenes is 1. The molecule has 0 heterocycles. The van der Waals surface area contributed by atoms with Crippen molar-refractivity contribution in [3.05, 3.63) is 116 Å². The topological polar surface area (TPSA) is 58.2 Å². The van der Waals surface area contributed by atoms with E-state index in [1.165, 1.54) is 16.7 Å². The number of hydrogen-bond donors (Lipinski definition) is 2. The van der Waals surface area contributed by atoms with Gasteiger partial charge < -0.3 is 10.6 Å². The highest BCUT2D eigenvalue weighted by atomic mass is 16.1.